The number of hydrogen-bond donors (Lipinski definition) is 1. The first-order chi connectivity index (χ1) is 12.9. The summed E-state index contributed by atoms with van der Waals surface area (Å²) in [5.41, 5.74) is 4.08. The van der Waals surface area contributed by atoms with Crippen LogP contribution < -0.4 is 10.1 Å². The van der Waals surface area contributed by atoms with Crippen LogP contribution in [0.4, 0.5) is 0 Å². The maximum Gasteiger partial charge on any atom is 0.252 e. The molecule has 0 saturated heterocycles. The van der Waals surface area contributed by atoms with E-state index < -0.39 is 0 Å². The Kier molecular flexibility index (Phi) is 7.55. The van der Waals surface area contributed by atoms with Crippen molar-refractivity contribution in [3.8, 4) is 5.75 Å². The molecule has 3 nitrogen and oxygen atoms in total. The van der Waals surface area contributed by atoms with E-state index >= 15 is 0 Å². The van der Waals surface area contributed by atoms with Gasteiger partial charge in [0.15, 0.2) is 0 Å². The molecule has 0 bridgehead atoms. The summed E-state index contributed by atoms with van der Waals surface area (Å²) >= 11 is 1.62. The molecule has 0 aliphatic carbocycles. The fourth-order valence-corrected chi connectivity index (χ4v) is 3.88. The summed E-state index contributed by atoms with van der Waals surface area (Å²) in [6.07, 6.45) is 1.84. The van der Waals surface area contributed by atoms with E-state index in [-0.39, 0.29) is 11.9 Å². The summed E-state index contributed by atoms with van der Waals surface area (Å²) in [7, 11) is 1.70. The molecule has 2 aromatic rings. The quantitative estimate of drug-likeness (QED) is 0.456. The summed E-state index contributed by atoms with van der Waals surface area (Å²) in [4.78, 5) is 13.9. The van der Waals surface area contributed by atoms with Crippen LogP contribution in [0.25, 0.3) is 0 Å². The Balaban J connectivity index is 2.27. The van der Waals surface area contributed by atoms with Crippen LogP contribution in [0, 0.1) is 6.92 Å². The molecule has 27 heavy (non-hydrogen) atoms. The van der Waals surface area contributed by atoms with E-state index in [1.807, 2.05) is 37.3 Å². The minimum atomic E-state index is -0.0987. The van der Waals surface area contributed by atoms with E-state index in [0.29, 0.717) is 11.5 Å². The Bertz CT molecular complexity index is 814. The second kappa shape index (κ2) is 9.65. The van der Waals surface area contributed by atoms with Gasteiger partial charge >= 0.3 is 0 Å². The zero-order chi connectivity index (χ0) is 20.0. The highest BCUT2D eigenvalue weighted by Crippen LogP contribution is 2.32. The van der Waals surface area contributed by atoms with Gasteiger partial charge in [-0.2, -0.15) is 0 Å². The minimum Gasteiger partial charge on any atom is -0.496 e. The van der Waals surface area contributed by atoms with Gasteiger partial charge in [-0.25, -0.2) is 0 Å². The van der Waals surface area contributed by atoms with Crippen molar-refractivity contribution in [2.24, 2.45) is 0 Å². The van der Waals surface area contributed by atoms with Crippen LogP contribution in [0.15, 0.2) is 53.9 Å². The van der Waals surface area contributed by atoms with Gasteiger partial charge in [-0.3, -0.25) is 4.79 Å². The number of rotatable bonds is 8. The number of methoxy groups -OCH3 is 1. The molecular formula is C23H29NO2S. The number of thioether (sulfide) groups is 1. The van der Waals surface area contributed by atoms with Crippen LogP contribution in [-0.2, 0) is 0 Å². The highest BCUT2D eigenvalue weighted by atomic mass is 32.2. The van der Waals surface area contributed by atoms with E-state index in [1.165, 1.54) is 0 Å². The van der Waals surface area contributed by atoms with Crippen molar-refractivity contribution >= 4 is 17.7 Å². The van der Waals surface area contributed by atoms with E-state index in [9.17, 15) is 4.79 Å². The second-order valence-corrected chi connectivity index (χ2v) is 7.96. The maximum absolute atomic E-state index is 12.9. The largest absolute Gasteiger partial charge is 0.496 e. The molecule has 0 aliphatic heterocycles. The molecule has 0 spiro atoms. The van der Waals surface area contributed by atoms with Crippen LogP contribution >= 0.6 is 11.8 Å². The van der Waals surface area contributed by atoms with Crippen molar-refractivity contribution < 1.29 is 9.53 Å². The zero-order valence-electron chi connectivity index (χ0n) is 16.8. The topological polar surface area (TPSA) is 38.3 Å². The molecular weight excluding hydrogens is 354 g/mol. The van der Waals surface area contributed by atoms with Gasteiger partial charge in [-0.1, -0.05) is 32.1 Å². The normalized spacial score (nSPS) is 11.9. The van der Waals surface area contributed by atoms with Gasteiger partial charge in [0.05, 0.1) is 18.7 Å². The average molecular weight is 384 g/mol. The van der Waals surface area contributed by atoms with Gasteiger partial charge in [0.2, 0.25) is 0 Å². The molecule has 2 rings (SSSR count). The second-order valence-electron chi connectivity index (χ2n) is 6.90. The molecule has 0 fully saturated rings. The van der Waals surface area contributed by atoms with E-state index in [2.05, 4.69) is 44.8 Å². The monoisotopic (exact) mass is 383 g/mol. The van der Waals surface area contributed by atoms with Crippen LogP contribution in [0.2, 0.25) is 0 Å². The Morgan fingerprint density at radius 3 is 2.56 bits per heavy atom. The first-order valence-corrected chi connectivity index (χ1v) is 10.2. The maximum atomic E-state index is 12.9. The number of amides is 1. The molecule has 1 N–H and O–H groups in total. The van der Waals surface area contributed by atoms with Crippen LogP contribution in [-0.4, -0.2) is 18.8 Å². The van der Waals surface area contributed by atoms with Gasteiger partial charge in [0, 0.05) is 10.6 Å². The van der Waals surface area contributed by atoms with Gasteiger partial charge in [0.25, 0.3) is 5.91 Å². The van der Waals surface area contributed by atoms with E-state index in [4.69, 9.17) is 4.74 Å². The molecule has 4 heteroatoms. The average Bonchev–Trinajstić information content (AvgIpc) is 2.65. The minimum absolute atomic E-state index is 0.0593. The first-order valence-electron chi connectivity index (χ1n) is 9.21. The highest BCUT2D eigenvalue weighted by molar-refractivity contribution is 7.99. The van der Waals surface area contributed by atoms with Crippen molar-refractivity contribution in [2.75, 3.05) is 12.9 Å². The number of carbonyl (C=O) groups is 1. The number of hydrogen-bond acceptors (Lipinski definition) is 3. The Morgan fingerprint density at radius 2 is 1.93 bits per heavy atom. The van der Waals surface area contributed by atoms with Crippen molar-refractivity contribution in [2.45, 2.75) is 44.6 Å². The van der Waals surface area contributed by atoms with Gasteiger partial charge < -0.3 is 10.1 Å². The molecule has 144 valence electrons. The third-order valence-electron chi connectivity index (χ3n) is 4.54. The SMILES string of the molecule is C=CCSc1ccccc1C(=O)N[C@@H](C)c1cc(C(C)C)c(OC)cc1C. The lowest BCUT2D eigenvalue weighted by molar-refractivity contribution is 0.0937. The smallest absolute Gasteiger partial charge is 0.252 e. The number of aryl methyl sites for hydroxylation is 1. The fourth-order valence-electron chi connectivity index (χ4n) is 3.09. The Hall–Kier alpha value is -2.20. The third kappa shape index (κ3) is 5.16. The predicted molar refractivity (Wildman–Crippen MR) is 115 cm³/mol. The lowest BCUT2D eigenvalue weighted by atomic mass is 9.93. The van der Waals surface area contributed by atoms with Gasteiger partial charge in [0.1, 0.15) is 5.75 Å². The molecule has 2 aromatic carbocycles. The van der Waals surface area contributed by atoms with Crippen molar-refractivity contribution in [3.05, 3.63) is 71.3 Å². The Labute approximate surface area is 167 Å². The standard InChI is InChI=1S/C23H29NO2S/c1-7-12-27-22-11-9-8-10-18(22)23(25)24-17(5)20-14-19(15(2)3)21(26-6)13-16(20)4/h7-11,13-15,17H,1,12H2,2-6H3,(H,24,25)/t17-/m0/s1. The van der Waals surface area contributed by atoms with Crippen LogP contribution in [0.5, 0.6) is 5.75 Å². The Morgan fingerprint density at radius 1 is 1.22 bits per heavy atom. The summed E-state index contributed by atoms with van der Waals surface area (Å²) in [6.45, 7) is 12.1. The lowest BCUT2D eigenvalue weighted by Crippen LogP contribution is -2.27. The molecule has 0 aliphatic rings. The van der Waals surface area contributed by atoms with Crippen molar-refractivity contribution in [1.82, 2.24) is 5.32 Å². The molecule has 0 heterocycles. The number of carbonyl (C=O) groups excluding carboxylic acids is 1. The highest BCUT2D eigenvalue weighted by Gasteiger charge is 2.18. The summed E-state index contributed by atoms with van der Waals surface area (Å²) in [6, 6.07) is 11.8. The van der Waals surface area contributed by atoms with E-state index in [0.717, 1.165) is 33.1 Å². The first kappa shape index (κ1) is 21.1. The number of nitrogens with one attached hydrogen (secondary N) is 1. The lowest BCUT2D eigenvalue weighted by Gasteiger charge is -2.21. The molecule has 0 radical (unpaired) electrons. The van der Waals surface area contributed by atoms with Crippen LogP contribution in [0.3, 0.4) is 0 Å². The van der Waals surface area contributed by atoms with Gasteiger partial charge in [-0.05, 0) is 60.7 Å². The summed E-state index contributed by atoms with van der Waals surface area (Å²) in [5, 5.41) is 3.15. The van der Waals surface area contributed by atoms with Crippen LogP contribution in [0.1, 0.15) is 59.8 Å². The van der Waals surface area contributed by atoms with Crippen molar-refractivity contribution in [1.29, 1.82) is 0 Å². The molecule has 0 unspecified atom stereocenters. The molecule has 1 amide bonds. The fraction of sp³-hybridized carbons (Fsp3) is 0.348. The van der Waals surface area contributed by atoms with Gasteiger partial charge in [-0.15, -0.1) is 18.3 Å². The van der Waals surface area contributed by atoms with Crippen molar-refractivity contribution in [3.63, 3.8) is 0 Å². The molecule has 1 atom stereocenters. The molecule has 0 aromatic heterocycles. The number of benzene rings is 2. The number of ether oxygens (including phenoxy) is 1. The third-order valence-corrected chi connectivity index (χ3v) is 5.61. The van der Waals surface area contributed by atoms with E-state index in [1.54, 1.807) is 18.9 Å². The predicted octanol–water partition coefficient (Wildman–Crippen LogP) is 5.90. The summed E-state index contributed by atoms with van der Waals surface area (Å²) < 4.78 is 5.53. The summed E-state index contributed by atoms with van der Waals surface area (Å²) in [5.74, 6) is 1.96. The molecule has 0 saturated carbocycles. The zero-order valence-corrected chi connectivity index (χ0v) is 17.7.